The van der Waals surface area contributed by atoms with E-state index < -0.39 is 12.1 Å². The molecule has 3 heteroatoms. The molecule has 0 heterocycles. The summed E-state index contributed by atoms with van der Waals surface area (Å²) in [6.07, 6.45) is 0.942. The Kier molecular flexibility index (Phi) is 3.02. The van der Waals surface area contributed by atoms with Gasteiger partial charge < -0.3 is 9.84 Å². The molecule has 0 aromatic heterocycles. The van der Waals surface area contributed by atoms with E-state index >= 15 is 0 Å². The van der Waals surface area contributed by atoms with Gasteiger partial charge in [0, 0.05) is 0 Å². The van der Waals surface area contributed by atoms with E-state index in [0.29, 0.717) is 0 Å². The molecule has 1 aliphatic carbocycles. The van der Waals surface area contributed by atoms with E-state index in [1.807, 2.05) is 30.3 Å². The predicted molar refractivity (Wildman–Crippen MR) is 55.0 cm³/mol. The SMILES string of the molecule is O=C(OCc1ccccc1)C(O)C1CC1. The number of aliphatic hydroxyl groups excluding tert-OH is 1. The van der Waals surface area contributed by atoms with Gasteiger partial charge in [0.15, 0.2) is 6.10 Å². The standard InChI is InChI=1S/C12H14O3/c13-11(10-6-7-10)12(14)15-8-9-4-2-1-3-5-9/h1-5,10-11,13H,6-8H2. The van der Waals surface area contributed by atoms with E-state index in [0.717, 1.165) is 18.4 Å². The van der Waals surface area contributed by atoms with E-state index in [1.54, 1.807) is 0 Å². The number of aliphatic hydroxyl groups is 1. The minimum Gasteiger partial charge on any atom is -0.459 e. The largest absolute Gasteiger partial charge is 0.459 e. The molecule has 1 saturated carbocycles. The molecular formula is C12H14O3. The third-order valence-electron chi connectivity index (χ3n) is 2.53. The average Bonchev–Trinajstić information content (AvgIpc) is 3.10. The van der Waals surface area contributed by atoms with Crippen LogP contribution < -0.4 is 0 Å². The lowest BCUT2D eigenvalue weighted by Crippen LogP contribution is -2.24. The van der Waals surface area contributed by atoms with Gasteiger partial charge in [-0.15, -0.1) is 0 Å². The van der Waals surface area contributed by atoms with Crippen LogP contribution in [-0.4, -0.2) is 17.2 Å². The zero-order chi connectivity index (χ0) is 10.7. The summed E-state index contributed by atoms with van der Waals surface area (Å²) in [5, 5.41) is 9.46. The molecule has 1 unspecified atom stereocenters. The molecule has 0 aliphatic heterocycles. The molecule has 1 aromatic rings. The van der Waals surface area contributed by atoms with Crippen molar-refractivity contribution in [1.82, 2.24) is 0 Å². The Bertz CT molecular complexity index is 330. The fourth-order valence-corrected chi connectivity index (χ4v) is 1.42. The zero-order valence-corrected chi connectivity index (χ0v) is 8.43. The maximum atomic E-state index is 11.3. The highest BCUT2D eigenvalue weighted by Crippen LogP contribution is 2.33. The fraction of sp³-hybridized carbons (Fsp3) is 0.417. The number of carbonyl (C=O) groups excluding carboxylic acids is 1. The molecule has 0 amide bonds. The molecule has 3 nitrogen and oxygen atoms in total. The summed E-state index contributed by atoms with van der Waals surface area (Å²) < 4.78 is 5.00. The topological polar surface area (TPSA) is 46.5 Å². The molecule has 0 saturated heterocycles. The van der Waals surface area contributed by atoms with Gasteiger partial charge in [-0.25, -0.2) is 4.79 Å². The normalized spacial score (nSPS) is 17.1. The molecule has 1 N–H and O–H groups in total. The summed E-state index contributed by atoms with van der Waals surface area (Å²) in [6.45, 7) is 0.240. The lowest BCUT2D eigenvalue weighted by molar-refractivity contribution is -0.156. The summed E-state index contributed by atoms with van der Waals surface area (Å²) in [4.78, 5) is 11.3. The number of benzene rings is 1. The Morgan fingerprint density at radius 3 is 2.67 bits per heavy atom. The van der Waals surface area contributed by atoms with Crippen LogP contribution in [0.1, 0.15) is 18.4 Å². The van der Waals surface area contributed by atoms with Gasteiger partial charge >= 0.3 is 5.97 Å². The van der Waals surface area contributed by atoms with Crippen LogP contribution in [0, 0.1) is 5.92 Å². The van der Waals surface area contributed by atoms with Crippen molar-refractivity contribution in [3.8, 4) is 0 Å². The van der Waals surface area contributed by atoms with E-state index in [1.165, 1.54) is 0 Å². The van der Waals surface area contributed by atoms with Crippen molar-refractivity contribution in [2.45, 2.75) is 25.6 Å². The first-order valence-corrected chi connectivity index (χ1v) is 5.16. The van der Waals surface area contributed by atoms with Gasteiger partial charge in [0.25, 0.3) is 0 Å². The van der Waals surface area contributed by atoms with Crippen LogP contribution in [0.3, 0.4) is 0 Å². The summed E-state index contributed by atoms with van der Waals surface area (Å²) in [5.74, 6) is -0.366. The fourth-order valence-electron chi connectivity index (χ4n) is 1.42. The second kappa shape index (κ2) is 4.45. The second-order valence-corrected chi connectivity index (χ2v) is 3.88. The highest BCUT2D eigenvalue weighted by Gasteiger charge is 2.35. The highest BCUT2D eigenvalue weighted by atomic mass is 16.5. The first-order chi connectivity index (χ1) is 7.27. The Morgan fingerprint density at radius 2 is 2.07 bits per heavy atom. The van der Waals surface area contributed by atoms with Gasteiger partial charge in [-0.3, -0.25) is 0 Å². The van der Waals surface area contributed by atoms with Crippen LogP contribution in [0.4, 0.5) is 0 Å². The number of hydrogen-bond acceptors (Lipinski definition) is 3. The van der Waals surface area contributed by atoms with Gasteiger partial charge in [0.2, 0.25) is 0 Å². The van der Waals surface area contributed by atoms with Gasteiger partial charge in [-0.2, -0.15) is 0 Å². The number of esters is 1. The predicted octanol–water partition coefficient (Wildman–Crippen LogP) is 1.50. The van der Waals surface area contributed by atoms with E-state index in [4.69, 9.17) is 4.74 Å². The van der Waals surface area contributed by atoms with E-state index in [9.17, 15) is 9.90 Å². The van der Waals surface area contributed by atoms with Crippen LogP contribution in [0.2, 0.25) is 0 Å². The van der Waals surface area contributed by atoms with Crippen LogP contribution in [-0.2, 0) is 16.1 Å². The van der Waals surface area contributed by atoms with Crippen molar-refractivity contribution in [3.63, 3.8) is 0 Å². The molecule has 1 fully saturated rings. The Labute approximate surface area is 88.7 Å². The number of rotatable bonds is 4. The number of carbonyl (C=O) groups is 1. The lowest BCUT2D eigenvalue weighted by atomic mass is 10.2. The van der Waals surface area contributed by atoms with Gasteiger partial charge in [-0.1, -0.05) is 30.3 Å². The monoisotopic (exact) mass is 206 g/mol. The Hall–Kier alpha value is -1.35. The summed E-state index contributed by atoms with van der Waals surface area (Å²) in [6, 6.07) is 9.46. The lowest BCUT2D eigenvalue weighted by Gasteiger charge is -2.09. The molecule has 15 heavy (non-hydrogen) atoms. The molecule has 1 aromatic carbocycles. The van der Waals surface area contributed by atoms with Crippen molar-refractivity contribution >= 4 is 5.97 Å². The zero-order valence-electron chi connectivity index (χ0n) is 8.43. The van der Waals surface area contributed by atoms with Gasteiger partial charge in [-0.05, 0) is 24.3 Å². The summed E-state index contributed by atoms with van der Waals surface area (Å²) >= 11 is 0. The third-order valence-corrected chi connectivity index (χ3v) is 2.53. The summed E-state index contributed by atoms with van der Waals surface area (Å²) in [7, 11) is 0. The molecule has 1 atom stereocenters. The minimum absolute atomic E-state index is 0.133. The van der Waals surface area contributed by atoms with Crippen LogP contribution >= 0.6 is 0 Å². The highest BCUT2D eigenvalue weighted by molar-refractivity contribution is 5.75. The summed E-state index contributed by atoms with van der Waals surface area (Å²) in [5.41, 5.74) is 0.939. The molecule has 1 aliphatic rings. The van der Waals surface area contributed by atoms with E-state index in [-0.39, 0.29) is 12.5 Å². The number of hydrogen-bond donors (Lipinski definition) is 1. The Balaban J connectivity index is 1.80. The second-order valence-electron chi connectivity index (χ2n) is 3.88. The van der Waals surface area contributed by atoms with Crippen molar-refractivity contribution in [2.24, 2.45) is 5.92 Å². The van der Waals surface area contributed by atoms with Gasteiger partial charge in [0.1, 0.15) is 6.61 Å². The van der Waals surface area contributed by atoms with Crippen molar-refractivity contribution in [3.05, 3.63) is 35.9 Å². The van der Waals surface area contributed by atoms with Crippen LogP contribution in [0.15, 0.2) is 30.3 Å². The molecule has 80 valence electrons. The quantitative estimate of drug-likeness (QED) is 0.759. The first kappa shape index (κ1) is 10.2. The minimum atomic E-state index is -0.922. The van der Waals surface area contributed by atoms with Crippen molar-refractivity contribution < 1.29 is 14.6 Å². The first-order valence-electron chi connectivity index (χ1n) is 5.16. The van der Waals surface area contributed by atoms with Crippen LogP contribution in [0.5, 0.6) is 0 Å². The molecule has 0 bridgehead atoms. The van der Waals surface area contributed by atoms with Crippen molar-refractivity contribution in [1.29, 1.82) is 0 Å². The van der Waals surface area contributed by atoms with Crippen molar-refractivity contribution in [2.75, 3.05) is 0 Å². The molecule has 0 radical (unpaired) electrons. The molecular weight excluding hydrogens is 192 g/mol. The maximum Gasteiger partial charge on any atom is 0.335 e. The average molecular weight is 206 g/mol. The third kappa shape index (κ3) is 2.80. The molecule has 2 rings (SSSR count). The van der Waals surface area contributed by atoms with Crippen LogP contribution in [0.25, 0.3) is 0 Å². The van der Waals surface area contributed by atoms with Gasteiger partial charge in [0.05, 0.1) is 0 Å². The smallest absolute Gasteiger partial charge is 0.335 e. The Morgan fingerprint density at radius 1 is 1.40 bits per heavy atom. The maximum absolute atomic E-state index is 11.3. The molecule has 0 spiro atoms. The van der Waals surface area contributed by atoms with E-state index in [2.05, 4.69) is 0 Å². The number of ether oxygens (including phenoxy) is 1.